The van der Waals surface area contributed by atoms with Gasteiger partial charge < -0.3 is 14.5 Å². The van der Waals surface area contributed by atoms with Gasteiger partial charge in [-0.05, 0) is 47.8 Å². The molecule has 0 unspecified atom stereocenters. The predicted molar refractivity (Wildman–Crippen MR) is 89.5 cm³/mol. The number of amides is 1. The molecule has 1 aromatic carbocycles. The molecule has 2 heterocycles. The molecule has 3 rings (SSSR count). The summed E-state index contributed by atoms with van der Waals surface area (Å²) < 4.78 is 12.1. The Bertz CT molecular complexity index is 750. The Morgan fingerprint density at radius 2 is 2.00 bits per heavy atom. The van der Waals surface area contributed by atoms with Gasteiger partial charge in [-0.1, -0.05) is 15.9 Å². The van der Waals surface area contributed by atoms with Crippen molar-refractivity contribution in [2.24, 2.45) is 0 Å². The molecule has 6 heteroatoms. The van der Waals surface area contributed by atoms with E-state index in [4.69, 9.17) is 9.15 Å². The second-order valence-electron chi connectivity index (χ2n) is 4.47. The van der Waals surface area contributed by atoms with Gasteiger partial charge in [0.2, 0.25) is 0 Å². The first-order valence-electron chi connectivity index (χ1n) is 6.51. The zero-order valence-electron chi connectivity index (χ0n) is 11.4. The number of thiophene rings is 1. The van der Waals surface area contributed by atoms with Crippen molar-refractivity contribution in [3.8, 4) is 5.75 Å². The zero-order valence-corrected chi connectivity index (χ0v) is 13.8. The molecule has 0 aliphatic rings. The second kappa shape index (κ2) is 6.81. The highest BCUT2D eigenvalue weighted by Gasteiger charge is 2.12. The van der Waals surface area contributed by atoms with Crippen molar-refractivity contribution in [3.63, 3.8) is 0 Å². The Labute approximate surface area is 139 Å². The first-order valence-corrected chi connectivity index (χ1v) is 8.25. The highest BCUT2D eigenvalue weighted by Crippen LogP contribution is 2.19. The van der Waals surface area contributed by atoms with Crippen LogP contribution in [-0.2, 0) is 6.61 Å². The summed E-state index contributed by atoms with van der Waals surface area (Å²) in [4.78, 5) is 12.0. The fourth-order valence-corrected chi connectivity index (χ4v) is 2.64. The van der Waals surface area contributed by atoms with Crippen molar-refractivity contribution in [2.45, 2.75) is 6.61 Å². The summed E-state index contributed by atoms with van der Waals surface area (Å²) in [5.41, 5.74) is 0.763. The van der Waals surface area contributed by atoms with Crippen LogP contribution in [0.4, 0.5) is 5.69 Å². The minimum atomic E-state index is -0.270. The molecule has 0 spiro atoms. The van der Waals surface area contributed by atoms with E-state index in [1.165, 1.54) is 11.3 Å². The molecule has 0 aliphatic carbocycles. The molecule has 112 valence electrons. The Morgan fingerprint density at radius 1 is 1.18 bits per heavy atom. The summed E-state index contributed by atoms with van der Waals surface area (Å²) >= 11 is 4.89. The lowest BCUT2D eigenvalue weighted by Crippen LogP contribution is -2.10. The number of hydrogen-bond acceptors (Lipinski definition) is 4. The van der Waals surface area contributed by atoms with Gasteiger partial charge in [0, 0.05) is 9.85 Å². The number of carbonyl (C=O) groups is 1. The Balaban J connectivity index is 1.58. The molecule has 0 saturated heterocycles. The van der Waals surface area contributed by atoms with Crippen LogP contribution >= 0.6 is 27.3 Å². The predicted octanol–water partition coefficient (Wildman–Crippen LogP) is 4.93. The van der Waals surface area contributed by atoms with Crippen molar-refractivity contribution in [3.05, 3.63) is 69.2 Å². The van der Waals surface area contributed by atoms with Crippen LogP contribution in [-0.4, -0.2) is 5.91 Å². The van der Waals surface area contributed by atoms with Crippen LogP contribution in [0.3, 0.4) is 0 Å². The van der Waals surface area contributed by atoms with Gasteiger partial charge in [-0.25, -0.2) is 0 Å². The molecule has 3 aromatic rings. The number of rotatable bonds is 5. The molecule has 0 atom stereocenters. The molecule has 4 nitrogen and oxygen atoms in total. The van der Waals surface area contributed by atoms with Crippen LogP contribution in [0, 0.1) is 0 Å². The SMILES string of the molecule is O=C(Nc1ccsc1)c1ccc(COc2ccc(Br)cc2)o1. The van der Waals surface area contributed by atoms with Gasteiger partial charge in [0.15, 0.2) is 5.76 Å². The number of halogens is 1. The second-order valence-corrected chi connectivity index (χ2v) is 6.17. The van der Waals surface area contributed by atoms with Crippen molar-refractivity contribution < 1.29 is 13.9 Å². The number of nitrogens with one attached hydrogen (secondary N) is 1. The molecule has 2 aromatic heterocycles. The van der Waals surface area contributed by atoms with E-state index in [-0.39, 0.29) is 18.3 Å². The number of carbonyl (C=O) groups excluding carboxylic acids is 1. The van der Waals surface area contributed by atoms with E-state index in [1.54, 1.807) is 12.1 Å². The molecule has 1 amide bonds. The fourth-order valence-electron chi connectivity index (χ4n) is 1.79. The third-order valence-electron chi connectivity index (χ3n) is 2.86. The van der Waals surface area contributed by atoms with Gasteiger partial charge in [0.25, 0.3) is 5.91 Å². The third-order valence-corrected chi connectivity index (χ3v) is 4.07. The topological polar surface area (TPSA) is 51.5 Å². The minimum Gasteiger partial charge on any atom is -0.486 e. The Hall–Kier alpha value is -2.05. The van der Waals surface area contributed by atoms with Gasteiger partial charge >= 0.3 is 0 Å². The average molecular weight is 378 g/mol. The lowest BCUT2D eigenvalue weighted by atomic mass is 10.3. The van der Waals surface area contributed by atoms with Gasteiger partial charge in [0.1, 0.15) is 18.1 Å². The normalized spacial score (nSPS) is 10.4. The van der Waals surface area contributed by atoms with E-state index < -0.39 is 0 Å². The zero-order chi connectivity index (χ0) is 15.4. The lowest BCUT2D eigenvalue weighted by Gasteiger charge is -2.04. The fraction of sp³-hybridized carbons (Fsp3) is 0.0625. The highest BCUT2D eigenvalue weighted by atomic mass is 79.9. The van der Waals surface area contributed by atoms with Crippen LogP contribution in [0.5, 0.6) is 5.75 Å². The van der Waals surface area contributed by atoms with E-state index in [0.717, 1.165) is 15.9 Å². The third kappa shape index (κ3) is 3.78. The van der Waals surface area contributed by atoms with Crippen LogP contribution in [0.2, 0.25) is 0 Å². The maximum Gasteiger partial charge on any atom is 0.291 e. The summed E-state index contributed by atoms with van der Waals surface area (Å²) in [6.07, 6.45) is 0. The molecular formula is C16H12BrNO3S. The van der Waals surface area contributed by atoms with E-state index in [9.17, 15) is 4.79 Å². The molecule has 0 bridgehead atoms. The standard InChI is InChI=1S/C16H12BrNO3S/c17-11-1-3-13(4-2-11)20-9-14-5-6-15(21-14)16(19)18-12-7-8-22-10-12/h1-8,10H,9H2,(H,18,19). The largest absolute Gasteiger partial charge is 0.486 e. The summed E-state index contributed by atoms with van der Waals surface area (Å²) in [7, 11) is 0. The summed E-state index contributed by atoms with van der Waals surface area (Å²) in [5.74, 6) is 1.33. The van der Waals surface area contributed by atoms with Gasteiger partial charge in [-0.2, -0.15) is 11.3 Å². The average Bonchev–Trinajstić information content (AvgIpc) is 3.18. The van der Waals surface area contributed by atoms with Crippen LogP contribution in [0.15, 0.2) is 62.1 Å². The van der Waals surface area contributed by atoms with Crippen molar-refractivity contribution in [1.29, 1.82) is 0 Å². The summed E-state index contributed by atoms with van der Waals surface area (Å²) in [5, 5.41) is 6.52. The van der Waals surface area contributed by atoms with Crippen molar-refractivity contribution >= 4 is 38.9 Å². The van der Waals surface area contributed by atoms with E-state index in [1.807, 2.05) is 41.1 Å². The monoisotopic (exact) mass is 377 g/mol. The molecule has 0 aliphatic heterocycles. The van der Waals surface area contributed by atoms with Crippen LogP contribution < -0.4 is 10.1 Å². The first kappa shape index (κ1) is 14.9. The number of anilines is 1. The molecule has 22 heavy (non-hydrogen) atoms. The number of benzene rings is 1. The van der Waals surface area contributed by atoms with E-state index in [2.05, 4.69) is 21.2 Å². The van der Waals surface area contributed by atoms with Crippen molar-refractivity contribution in [2.75, 3.05) is 5.32 Å². The summed E-state index contributed by atoms with van der Waals surface area (Å²) in [6, 6.07) is 12.7. The van der Waals surface area contributed by atoms with E-state index >= 15 is 0 Å². The molecule has 1 N–H and O–H groups in total. The number of furan rings is 1. The maximum atomic E-state index is 12.0. The number of hydrogen-bond donors (Lipinski definition) is 1. The quantitative estimate of drug-likeness (QED) is 0.685. The molecule has 0 fully saturated rings. The highest BCUT2D eigenvalue weighted by molar-refractivity contribution is 9.10. The van der Waals surface area contributed by atoms with E-state index in [0.29, 0.717) is 5.76 Å². The maximum absolute atomic E-state index is 12.0. The number of ether oxygens (including phenoxy) is 1. The lowest BCUT2D eigenvalue weighted by molar-refractivity contribution is 0.0992. The van der Waals surface area contributed by atoms with Gasteiger partial charge in [0.05, 0.1) is 5.69 Å². The first-order chi connectivity index (χ1) is 10.7. The van der Waals surface area contributed by atoms with Crippen LogP contribution in [0.25, 0.3) is 0 Å². The van der Waals surface area contributed by atoms with Gasteiger partial charge in [-0.3, -0.25) is 4.79 Å². The molecule has 0 saturated carbocycles. The minimum absolute atomic E-state index is 0.264. The van der Waals surface area contributed by atoms with Gasteiger partial charge in [-0.15, -0.1) is 0 Å². The Kier molecular flexibility index (Phi) is 4.60. The van der Waals surface area contributed by atoms with Crippen molar-refractivity contribution in [1.82, 2.24) is 0 Å². The molecule has 0 radical (unpaired) electrons. The smallest absolute Gasteiger partial charge is 0.291 e. The summed E-state index contributed by atoms with van der Waals surface area (Å²) in [6.45, 7) is 0.271. The molecular weight excluding hydrogens is 366 g/mol. The Morgan fingerprint density at radius 3 is 2.73 bits per heavy atom. The van der Waals surface area contributed by atoms with Crippen LogP contribution in [0.1, 0.15) is 16.3 Å².